The van der Waals surface area contributed by atoms with Gasteiger partial charge in [0.2, 0.25) is 0 Å². The molecule has 0 aliphatic heterocycles. The molecule has 1 unspecified atom stereocenters. The number of hydrogen-bond donors (Lipinski definition) is 0. The second kappa shape index (κ2) is 6.70. The number of ether oxygens (including phenoxy) is 1. The third-order valence-electron chi connectivity index (χ3n) is 2.55. The van der Waals surface area contributed by atoms with Crippen molar-refractivity contribution in [1.29, 1.82) is 0 Å². The van der Waals surface area contributed by atoms with Crippen LogP contribution in [-0.4, -0.2) is 18.3 Å². The largest absolute Gasteiger partial charge is 0.469 e. The molecule has 0 heterocycles. The van der Waals surface area contributed by atoms with Gasteiger partial charge >= 0.3 is 5.97 Å². The summed E-state index contributed by atoms with van der Waals surface area (Å²) < 4.78 is 4.81. The second-order valence-corrected chi connectivity index (χ2v) is 5.87. The molecule has 0 amide bonds. The Morgan fingerprint density at radius 2 is 1.88 bits per heavy atom. The number of carbonyl (C=O) groups is 1. The number of thioether (sulfide) groups is 1. The van der Waals surface area contributed by atoms with E-state index in [1.54, 1.807) is 0 Å². The van der Waals surface area contributed by atoms with Gasteiger partial charge in [-0.25, -0.2) is 0 Å². The van der Waals surface area contributed by atoms with Gasteiger partial charge in [-0.1, -0.05) is 32.9 Å². The molecule has 1 rings (SSSR count). The molecule has 17 heavy (non-hydrogen) atoms. The van der Waals surface area contributed by atoms with Crippen molar-refractivity contribution in [1.82, 2.24) is 0 Å². The molecule has 0 aliphatic carbocycles. The van der Waals surface area contributed by atoms with Gasteiger partial charge in [-0.05, 0) is 24.1 Å². The normalized spacial score (nSPS) is 12.5. The monoisotopic (exact) mass is 252 g/mol. The summed E-state index contributed by atoms with van der Waals surface area (Å²) >= 11 is 1.82. The Bertz CT molecular complexity index is 357. The summed E-state index contributed by atoms with van der Waals surface area (Å²) in [5.74, 6) is -0.296. The summed E-state index contributed by atoms with van der Waals surface area (Å²) in [6, 6.07) is 8.20. The average molecular weight is 252 g/mol. The van der Waals surface area contributed by atoms with Crippen LogP contribution in [-0.2, 0) is 9.53 Å². The van der Waals surface area contributed by atoms with Crippen molar-refractivity contribution in [2.24, 2.45) is 0 Å². The molecule has 1 aromatic rings. The lowest BCUT2D eigenvalue weighted by molar-refractivity contribution is -0.142. The van der Waals surface area contributed by atoms with Gasteiger partial charge in [0.25, 0.3) is 0 Å². The summed E-state index contributed by atoms with van der Waals surface area (Å²) in [6.07, 6.45) is 0.767. The highest BCUT2D eigenvalue weighted by atomic mass is 32.2. The molecule has 1 aromatic carbocycles. The van der Waals surface area contributed by atoms with E-state index in [1.807, 2.05) is 30.8 Å². The topological polar surface area (TPSA) is 26.3 Å². The number of carbonyl (C=O) groups excluding carboxylic acids is 1. The highest BCUT2D eigenvalue weighted by Crippen LogP contribution is 2.26. The molecule has 0 aliphatic rings. The predicted molar refractivity (Wildman–Crippen MR) is 72.5 cm³/mol. The fourth-order valence-electron chi connectivity index (χ4n) is 1.73. The molecular formula is C14H20O2S. The predicted octanol–water partition coefficient (Wildman–Crippen LogP) is 3.85. The third kappa shape index (κ3) is 4.08. The molecule has 0 fully saturated rings. The maximum Gasteiger partial charge on any atom is 0.313 e. The zero-order valence-corrected chi connectivity index (χ0v) is 11.7. The first-order valence-corrected chi connectivity index (χ1v) is 6.80. The minimum Gasteiger partial charge on any atom is -0.469 e. The summed E-state index contributed by atoms with van der Waals surface area (Å²) in [5.41, 5.74) is 1.03. The molecule has 0 saturated carbocycles. The standard InChI is InChI=1S/C14H20O2S/c1-5-13(14(15)16-4)11-6-8-12(9-7-11)17-10(2)3/h6-10,13H,5H2,1-4H3. The average Bonchev–Trinajstić information content (AvgIpc) is 2.31. The molecule has 3 heteroatoms. The van der Waals surface area contributed by atoms with Gasteiger partial charge in [0.15, 0.2) is 0 Å². The molecule has 0 N–H and O–H groups in total. The van der Waals surface area contributed by atoms with E-state index in [2.05, 4.69) is 26.0 Å². The summed E-state index contributed by atoms with van der Waals surface area (Å²) in [6.45, 7) is 6.34. The zero-order chi connectivity index (χ0) is 12.8. The van der Waals surface area contributed by atoms with Crippen molar-refractivity contribution >= 4 is 17.7 Å². The van der Waals surface area contributed by atoms with E-state index in [4.69, 9.17) is 4.74 Å². The molecular weight excluding hydrogens is 232 g/mol. The molecule has 0 spiro atoms. The van der Waals surface area contributed by atoms with Gasteiger partial charge in [0.05, 0.1) is 13.0 Å². The van der Waals surface area contributed by atoms with Crippen LogP contribution in [0.2, 0.25) is 0 Å². The summed E-state index contributed by atoms with van der Waals surface area (Å²) in [4.78, 5) is 12.8. The zero-order valence-electron chi connectivity index (χ0n) is 10.9. The van der Waals surface area contributed by atoms with E-state index in [0.29, 0.717) is 5.25 Å². The van der Waals surface area contributed by atoms with Gasteiger partial charge < -0.3 is 4.74 Å². The van der Waals surface area contributed by atoms with E-state index in [1.165, 1.54) is 12.0 Å². The van der Waals surface area contributed by atoms with Gasteiger partial charge in [0, 0.05) is 10.1 Å². The van der Waals surface area contributed by atoms with E-state index < -0.39 is 0 Å². The maximum atomic E-state index is 11.6. The lowest BCUT2D eigenvalue weighted by Gasteiger charge is -2.13. The molecule has 94 valence electrons. The van der Waals surface area contributed by atoms with Gasteiger partial charge in [-0.3, -0.25) is 4.79 Å². The first kappa shape index (κ1) is 14.1. The van der Waals surface area contributed by atoms with Crippen LogP contribution in [0.15, 0.2) is 29.2 Å². The summed E-state index contributed by atoms with van der Waals surface area (Å²) in [5, 5.41) is 0.573. The Kier molecular flexibility index (Phi) is 5.56. The number of benzene rings is 1. The lowest BCUT2D eigenvalue weighted by atomic mass is 9.97. The van der Waals surface area contributed by atoms with E-state index >= 15 is 0 Å². The Morgan fingerprint density at radius 1 is 1.29 bits per heavy atom. The first-order valence-electron chi connectivity index (χ1n) is 5.93. The number of rotatable bonds is 5. The fourth-order valence-corrected chi connectivity index (χ4v) is 2.57. The Labute approximate surface area is 108 Å². The number of methoxy groups -OCH3 is 1. The van der Waals surface area contributed by atoms with Crippen LogP contribution in [0, 0.1) is 0 Å². The van der Waals surface area contributed by atoms with Gasteiger partial charge in [-0.2, -0.15) is 0 Å². The Morgan fingerprint density at radius 3 is 2.29 bits per heavy atom. The van der Waals surface area contributed by atoms with Crippen LogP contribution < -0.4 is 0 Å². The van der Waals surface area contributed by atoms with E-state index in [0.717, 1.165) is 12.0 Å². The van der Waals surface area contributed by atoms with Crippen molar-refractivity contribution in [3.05, 3.63) is 29.8 Å². The smallest absolute Gasteiger partial charge is 0.313 e. The van der Waals surface area contributed by atoms with Crippen molar-refractivity contribution in [2.75, 3.05) is 7.11 Å². The maximum absolute atomic E-state index is 11.6. The van der Waals surface area contributed by atoms with E-state index in [9.17, 15) is 4.79 Å². The first-order chi connectivity index (χ1) is 8.08. The quantitative estimate of drug-likeness (QED) is 0.588. The minimum absolute atomic E-state index is 0.141. The molecule has 2 nitrogen and oxygen atoms in total. The van der Waals surface area contributed by atoms with Crippen LogP contribution >= 0.6 is 11.8 Å². The molecule has 0 bridgehead atoms. The Balaban J connectivity index is 2.81. The van der Waals surface area contributed by atoms with Crippen molar-refractivity contribution in [3.63, 3.8) is 0 Å². The van der Waals surface area contributed by atoms with Crippen LogP contribution in [0.25, 0.3) is 0 Å². The molecule has 0 aromatic heterocycles. The van der Waals surface area contributed by atoms with Crippen LogP contribution in [0.4, 0.5) is 0 Å². The van der Waals surface area contributed by atoms with Crippen molar-refractivity contribution in [2.45, 2.75) is 43.3 Å². The van der Waals surface area contributed by atoms with Crippen LogP contribution in [0.5, 0.6) is 0 Å². The highest BCUT2D eigenvalue weighted by molar-refractivity contribution is 7.99. The highest BCUT2D eigenvalue weighted by Gasteiger charge is 2.18. The van der Waals surface area contributed by atoms with Crippen molar-refractivity contribution < 1.29 is 9.53 Å². The van der Waals surface area contributed by atoms with Crippen molar-refractivity contribution in [3.8, 4) is 0 Å². The number of esters is 1. The molecule has 0 saturated heterocycles. The van der Waals surface area contributed by atoms with Gasteiger partial charge in [0.1, 0.15) is 0 Å². The molecule has 1 atom stereocenters. The van der Waals surface area contributed by atoms with Gasteiger partial charge in [-0.15, -0.1) is 11.8 Å². The minimum atomic E-state index is -0.156. The SMILES string of the molecule is CCC(C(=O)OC)c1ccc(SC(C)C)cc1. The number of hydrogen-bond acceptors (Lipinski definition) is 3. The second-order valence-electron chi connectivity index (χ2n) is 4.22. The summed E-state index contributed by atoms with van der Waals surface area (Å²) in [7, 11) is 1.44. The van der Waals surface area contributed by atoms with E-state index in [-0.39, 0.29) is 11.9 Å². The van der Waals surface area contributed by atoms with Crippen LogP contribution in [0.1, 0.15) is 38.7 Å². The third-order valence-corrected chi connectivity index (χ3v) is 3.56. The molecule has 0 radical (unpaired) electrons. The fraction of sp³-hybridized carbons (Fsp3) is 0.500. The lowest BCUT2D eigenvalue weighted by Crippen LogP contribution is -2.13. The Hall–Kier alpha value is -0.960. The van der Waals surface area contributed by atoms with Crippen LogP contribution in [0.3, 0.4) is 0 Å².